The van der Waals surface area contributed by atoms with E-state index < -0.39 is 5.79 Å². The highest BCUT2D eigenvalue weighted by atomic mass is 32.2. The first-order valence-electron chi connectivity index (χ1n) is 8.83. The molecule has 2 aromatic rings. The number of benzene rings is 2. The maximum Gasteiger partial charge on any atom is 0.251 e. The average molecular weight is 373 g/mol. The van der Waals surface area contributed by atoms with Crippen molar-refractivity contribution in [3.05, 3.63) is 48.3 Å². The highest BCUT2D eigenvalue weighted by molar-refractivity contribution is 8.00. The highest BCUT2D eigenvalue weighted by Crippen LogP contribution is 2.46. The van der Waals surface area contributed by atoms with E-state index in [4.69, 9.17) is 9.47 Å². The first kappa shape index (κ1) is 17.2. The van der Waals surface area contributed by atoms with Crippen LogP contribution in [0.2, 0.25) is 0 Å². The van der Waals surface area contributed by atoms with Crippen molar-refractivity contribution in [1.29, 1.82) is 0 Å². The van der Waals surface area contributed by atoms with E-state index in [9.17, 15) is 9.18 Å². The minimum absolute atomic E-state index is 0.138. The molecule has 6 heteroatoms. The molecule has 0 saturated heterocycles. The third-order valence-electron chi connectivity index (χ3n) is 4.63. The smallest absolute Gasteiger partial charge is 0.251 e. The average Bonchev–Trinajstić information content (AvgIpc) is 2.98. The molecule has 136 valence electrons. The Morgan fingerprint density at radius 3 is 2.65 bits per heavy atom. The van der Waals surface area contributed by atoms with Crippen LogP contribution in [0.5, 0.6) is 11.5 Å². The molecule has 1 aliphatic carbocycles. The molecule has 4 nitrogen and oxygen atoms in total. The topological polar surface area (TPSA) is 47.6 Å². The lowest BCUT2D eigenvalue weighted by atomic mass is 9.94. The first-order valence-corrected chi connectivity index (χ1v) is 9.81. The molecular weight excluding hydrogens is 353 g/mol. The molecule has 0 unspecified atom stereocenters. The van der Waals surface area contributed by atoms with Crippen molar-refractivity contribution >= 4 is 23.4 Å². The number of hydrogen-bond donors (Lipinski definition) is 1. The third-order valence-corrected chi connectivity index (χ3v) is 5.68. The molecule has 0 radical (unpaired) electrons. The number of amides is 1. The molecule has 1 spiro atoms. The van der Waals surface area contributed by atoms with Gasteiger partial charge in [0, 0.05) is 29.5 Å². The lowest BCUT2D eigenvalue weighted by Crippen LogP contribution is -2.40. The zero-order valence-electron chi connectivity index (χ0n) is 14.3. The second-order valence-corrected chi connectivity index (χ2v) is 7.62. The number of ether oxygens (including phenoxy) is 2. The lowest BCUT2D eigenvalue weighted by molar-refractivity contribution is -0.113. The van der Waals surface area contributed by atoms with Crippen LogP contribution in [-0.2, 0) is 4.79 Å². The van der Waals surface area contributed by atoms with Crippen LogP contribution in [0.25, 0.3) is 0 Å². The van der Waals surface area contributed by atoms with Crippen LogP contribution in [0.15, 0.2) is 47.4 Å². The summed E-state index contributed by atoms with van der Waals surface area (Å²) in [6.07, 6.45) is 5.20. The van der Waals surface area contributed by atoms with Crippen molar-refractivity contribution in [1.82, 2.24) is 0 Å². The fraction of sp³-hybridized carbons (Fsp3) is 0.350. The van der Waals surface area contributed by atoms with Crippen LogP contribution < -0.4 is 14.8 Å². The Morgan fingerprint density at radius 2 is 1.85 bits per heavy atom. The van der Waals surface area contributed by atoms with Crippen LogP contribution in [0.1, 0.15) is 32.1 Å². The Balaban J connectivity index is 1.37. The Kier molecular flexibility index (Phi) is 4.76. The Hall–Kier alpha value is -2.21. The molecule has 2 aliphatic rings. The quantitative estimate of drug-likeness (QED) is 0.767. The number of rotatable bonds is 4. The van der Waals surface area contributed by atoms with E-state index in [1.54, 1.807) is 30.3 Å². The molecule has 26 heavy (non-hydrogen) atoms. The number of hydrogen-bond acceptors (Lipinski definition) is 4. The SMILES string of the molecule is O=C(CSc1ccccc1F)Nc1ccc2c(c1)OC1(CCCCC1)O2. The van der Waals surface area contributed by atoms with Crippen molar-refractivity contribution in [2.75, 3.05) is 11.1 Å². The minimum atomic E-state index is -0.524. The number of anilines is 1. The van der Waals surface area contributed by atoms with Gasteiger partial charge in [-0.3, -0.25) is 4.79 Å². The fourth-order valence-corrected chi connectivity index (χ4v) is 4.11. The Labute approximate surface area is 156 Å². The van der Waals surface area contributed by atoms with Gasteiger partial charge in [-0.2, -0.15) is 0 Å². The molecule has 1 aliphatic heterocycles. The fourth-order valence-electron chi connectivity index (χ4n) is 3.37. The van der Waals surface area contributed by atoms with Gasteiger partial charge < -0.3 is 14.8 Å². The predicted molar refractivity (Wildman–Crippen MR) is 99.3 cm³/mol. The lowest BCUT2D eigenvalue weighted by Gasteiger charge is -2.31. The molecular formula is C20H20FNO3S. The first-order chi connectivity index (χ1) is 12.6. The van der Waals surface area contributed by atoms with Crippen LogP contribution in [0.3, 0.4) is 0 Å². The number of carbonyl (C=O) groups excluding carboxylic acids is 1. The molecule has 4 rings (SSSR count). The summed E-state index contributed by atoms with van der Waals surface area (Å²) in [6, 6.07) is 11.9. The van der Waals surface area contributed by atoms with E-state index in [1.807, 2.05) is 6.07 Å². The van der Waals surface area contributed by atoms with Crippen LogP contribution in [0, 0.1) is 5.82 Å². The summed E-state index contributed by atoms with van der Waals surface area (Å²) in [5.41, 5.74) is 0.652. The van der Waals surface area contributed by atoms with Crippen molar-refractivity contribution in [2.45, 2.75) is 42.8 Å². The number of halogens is 1. The molecule has 1 fully saturated rings. The largest absolute Gasteiger partial charge is 0.448 e. The van der Waals surface area contributed by atoms with Gasteiger partial charge in [-0.15, -0.1) is 11.8 Å². The van der Waals surface area contributed by atoms with Gasteiger partial charge in [0.05, 0.1) is 5.75 Å². The second kappa shape index (κ2) is 7.19. The number of thioether (sulfide) groups is 1. The van der Waals surface area contributed by atoms with E-state index in [2.05, 4.69) is 5.32 Å². The molecule has 0 bridgehead atoms. The molecule has 1 N–H and O–H groups in total. The second-order valence-electron chi connectivity index (χ2n) is 6.60. The summed E-state index contributed by atoms with van der Waals surface area (Å²) in [5.74, 6) is 0.510. The normalized spacial score (nSPS) is 17.3. The van der Waals surface area contributed by atoms with E-state index >= 15 is 0 Å². The van der Waals surface area contributed by atoms with Gasteiger partial charge in [-0.25, -0.2) is 4.39 Å². The van der Waals surface area contributed by atoms with E-state index in [1.165, 1.54) is 24.2 Å². The van der Waals surface area contributed by atoms with Crippen LogP contribution in [-0.4, -0.2) is 17.4 Å². The summed E-state index contributed by atoms with van der Waals surface area (Å²) in [5, 5.41) is 2.83. The summed E-state index contributed by atoms with van der Waals surface area (Å²) < 4.78 is 25.7. The van der Waals surface area contributed by atoms with Crippen molar-refractivity contribution in [2.24, 2.45) is 0 Å². The summed E-state index contributed by atoms with van der Waals surface area (Å²) in [7, 11) is 0. The standard InChI is InChI=1S/C20H20FNO3S/c21-15-6-2-3-7-18(15)26-13-19(23)22-14-8-9-16-17(12-14)25-20(24-16)10-4-1-5-11-20/h2-3,6-9,12H,1,4-5,10-11,13H2,(H,22,23). The monoisotopic (exact) mass is 373 g/mol. The summed E-state index contributed by atoms with van der Waals surface area (Å²) >= 11 is 1.17. The molecule has 0 atom stereocenters. The van der Waals surface area contributed by atoms with Gasteiger partial charge in [0.1, 0.15) is 5.82 Å². The molecule has 1 heterocycles. The Morgan fingerprint density at radius 1 is 1.08 bits per heavy atom. The summed E-state index contributed by atoms with van der Waals surface area (Å²) in [4.78, 5) is 12.6. The molecule has 1 amide bonds. The van der Waals surface area contributed by atoms with Crippen molar-refractivity contribution in [3.63, 3.8) is 0 Å². The predicted octanol–water partition coefficient (Wildman–Crippen LogP) is 4.99. The third kappa shape index (κ3) is 3.65. The van der Waals surface area contributed by atoms with Crippen molar-refractivity contribution < 1.29 is 18.7 Å². The van der Waals surface area contributed by atoms with E-state index in [-0.39, 0.29) is 17.5 Å². The van der Waals surface area contributed by atoms with Gasteiger partial charge in [0.2, 0.25) is 5.91 Å². The van der Waals surface area contributed by atoms with Crippen LogP contribution in [0.4, 0.5) is 10.1 Å². The van der Waals surface area contributed by atoms with Gasteiger partial charge >= 0.3 is 0 Å². The number of carbonyl (C=O) groups is 1. The van der Waals surface area contributed by atoms with Gasteiger partial charge in [-0.05, 0) is 37.1 Å². The molecule has 1 saturated carbocycles. The number of nitrogens with one attached hydrogen (secondary N) is 1. The van der Waals surface area contributed by atoms with E-state index in [0.717, 1.165) is 31.4 Å². The Bertz CT molecular complexity index is 820. The summed E-state index contributed by atoms with van der Waals surface area (Å²) in [6.45, 7) is 0. The maximum atomic E-state index is 13.6. The van der Waals surface area contributed by atoms with Crippen molar-refractivity contribution in [3.8, 4) is 11.5 Å². The van der Waals surface area contributed by atoms with Gasteiger partial charge in [0.25, 0.3) is 5.79 Å². The minimum Gasteiger partial charge on any atom is -0.448 e. The highest BCUT2D eigenvalue weighted by Gasteiger charge is 2.42. The molecule has 2 aromatic carbocycles. The zero-order chi connectivity index (χ0) is 18.0. The van der Waals surface area contributed by atoms with Crippen LogP contribution >= 0.6 is 11.8 Å². The molecule has 0 aromatic heterocycles. The zero-order valence-corrected chi connectivity index (χ0v) is 15.1. The van der Waals surface area contributed by atoms with Gasteiger partial charge in [-0.1, -0.05) is 18.6 Å². The number of fused-ring (bicyclic) bond motifs is 1. The van der Waals surface area contributed by atoms with E-state index in [0.29, 0.717) is 16.3 Å². The van der Waals surface area contributed by atoms with Gasteiger partial charge in [0.15, 0.2) is 11.5 Å². The maximum absolute atomic E-state index is 13.6.